The molecule has 0 saturated carbocycles. The molecule has 1 heterocycles. The first kappa shape index (κ1) is 13.2. The maximum absolute atomic E-state index is 12.0. The Bertz CT molecular complexity index is 538. The molecule has 1 unspecified atom stereocenters. The Morgan fingerprint density at radius 3 is 2.89 bits per heavy atom. The molecule has 0 bridgehead atoms. The molecule has 1 aromatic heterocycles. The number of aromatic amines is 1. The number of para-hydroxylation sites is 1. The number of anilines is 1. The van der Waals surface area contributed by atoms with Crippen molar-refractivity contribution in [2.24, 2.45) is 0 Å². The van der Waals surface area contributed by atoms with Gasteiger partial charge in [-0.1, -0.05) is 25.1 Å². The Labute approximate surface area is 111 Å². The van der Waals surface area contributed by atoms with Gasteiger partial charge in [0.25, 0.3) is 5.91 Å². The van der Waals surface area contributed by atoms with E-state index in [-0.39, 0.29) is 17.6 Å². The Kier molecular flexibility index (Phi) is 4.25. The van der Waals surface area contributed by atoms with Crippen molar-refractivity contribution in [1.82, 2.24) is 20.7 Å². The van der Waals surface area contributed by atoms with E-state index >= 15 is 0 Å². The second kappa shape index (κ2) is 6.10. The van der Waals surface area contributed by atoms with Gasteiger partial charge in [0, 0.05) is 11.7 Å². The van der Waals surface area contributed by atoms with Gasteiger partial charge in [-0.05, 0) is 25.1 Å². The van der Waals surface area contributed by atoms with Gasteiger partial charge in [0.1, 0.15) is 0 Å². The minimum atomic E-state index is -0.273. The smallest absolute Gasteiger partial charge is 0.277 e. The first-order valence-corrected chi connectivity index (χ1v) is 6.21. The molecule has 19 heavy (non-hydrogen) atoms. The molecule has 1 aromatic carbocycles. The van der Waals surface area contributed by atoms with E-state index in [0.717, 1.165) is 17.8 Å². The molecule has 0 aliphatic heterocycles. The molecule has 0 aliphatic rings. The number of aromatic nitrogens is 3. The second-order valence-electron chi connectivity index (χ2n) is 4.18. The number of hydrogen-bond donors (Lipinski definition) is 3. The summed E-state index contributed by atoms with van der Waals surface area (Å²) in [6, 6.07) is 7.88. The number of rotatable bonds is 5. The van der Waals surface area contributed by atoms with Crippen molar-refractivity contribution in [3.05, 3.63) is 41.7 Å². The Balaban J connectivity index is 2.18. The number of nitrogens with zero attached hydrogens (tertiary/aromatic N) is 2. The summed E-state index contributed by atoms with van der Waals surface area (Å²) in [4.78, 5) is 12.0. The molecular weight excluding hydrogens is 242 g/mol. The van der Waals surface area contributed by atoms with E-state index in [1.165, 1.54) is 6.20 Å². The van der Waals surface area contributed by atoms with Crippen molar-refractivity contribution in [2.75, 3.05) is 11.9 Å². The zero-order chi connectivity index (χ0) is 13.7. The highest BCUT2D eigenvalue weighted by atomic mass is 16.2. The maximum Gasteiger partial charge on any atom is 0.277 e. The maximum atomic E-state index is 12.0. The minimum absolute atomic E-state index is 0.166. The third-order valence-electron chi connectivity index (χ3n) is 2.83. The van der Waals surface area contributed by atoms with Crippen molar-refractivity contribution < 1.29 is 4.79 Å². The van der Waals surface area contributed by atoms with Crippen LogP contribution in [0, 0.1) is 0 Å². The van der Waals surface area contributed by atoms with Gasteiger partial charge in [0.2, 0.25) is 0 Å². The van der Waals surface area contributed by atoms with E-state index < -0.39 is 0 Å². The lowest BCUT2D eigenvalue weighted by molar-refractivity contribution is 0.102. The largest absolute Gasteiger partial charge is 0.320 e. The monoisotopic (exact) mass is 259 g/mol. The van der Waals surface area contributed by atoms with Gasteiger partial charge in [-0.25, -0.2) is 0 Å². The summed E-state index contributed by atoms with van der Waals surface area (Å²) in [6.07, 6.45) is 1.39. The molecule has 0 saturated heterocycles. The highest BCUT2D eigenvalue weighted by Gasteiger charge is 2.13. The SMILES string of the molecule is CCNC(C)c1ccccc1NC(=O)c1cn[nH]n1. The highest BCUT2D eigenvalue weighted by Crippen LogP contribution is 2.22. The van der Waals surface area contributed by atoms with Gasteiger partial charge in [-0.15, -0.1) is 0 Å². The summed E-state index contributed by atoms with van der Waals surface area (Å²) in [5.41, 5.74) is 2.09. The van der Waals surface area contributed by atoms with Crippen LogP contribution in [0.2, 0.25) is 0 Å². The molecule has 0 spiro atoms. The van der Waals surface area contributed by atoms with Gasteiger partial charge < -0.3 is 10.6 Å². The predicted molar refractivity (Wildman–Crippen MR) is 72.9 cm³/mol. The standard InChI is InChI=1S/C13H17N5O/c1-3-14-9(2)10-6-4-5-7-11(10)16-13(19)12-8-15-18-17-12/h4-9,14H,3H2,1-2H3,(H,16,19)(H,15,17,18). The molecule has 0 aliphatic carbocycles. The van der Waals surface area contributed by atoms with Crippen molar-refractivity contribution in [3.8, 4) is 0 Å². The number of H-pyrrole nitrogens is 1. The average Bonchev–Trinajstić information content (AvgIpc) is 2.93. The highest BCUT2D eigenvalue weighted by molar-refractivity contribution is 6.03. The number of carbonyl (C=O) groups excluding carboxylic acids is 1. The molecule has 3 N–H and O–H groups in total. The number of benzene rings is 1. The van der Waals surface area contributed by atoms with Gasteiger partial charge >= 0.3 is 0 Å². The van der Waals surface area contributed by atoms with E-state index in [4.69, 9.17) is 0 Å². The van der Waals surface area contributed by atoms with Crippen LogP contribution in [-0.4, -0.2) is 27.9 Å². The summed E-state index contributed by atoms with van der Waals surface area (Å²) in [6.45, 7) is 4.98. The van der Waals surface area contributed by atoms with E-state index in [1.54, 1.807) is 0 Å². The third kappa shape index (κ3) is 3.17. The van der Waals surface area contributed by atoms with E-state index in [2.05, 4.69) is 33.0 Å². The fourth-order valence-electron chi connectivity index (χ4n) is 1.90. The number of carbonyl (C=O) groups is 1. The quantitative estimate of drug-likeness (QED) is 0.763. The molecule has 6 nitrogen and oxygen atoms in total. The molecule has 1 amide bonds. The Morgan fingerprint density at radius 2 is 2.21 bits per heavy atom. The van der Waals surface area contributed by atoms with Gasteiger partial charge in [-0.2, -0.15) is 15.4 Å². The fourth-order valence-corrected chi connectivity index (χ4v) is 1.90. The lowest BCUT2D eigenvalue weighted by Gasteiger charge is -2.17. The Morgan fingerprint density at radius 1 is 1.42 bits per heavy atom. The Hall–Kier alpha value is -2.21. The van der Waals surface area contributed by atoms with Crippen LogP contribution < -0.4 is 10.6 Å². The van der Waals surface area contributed by atoms with Crippen LogP contribution >= 0.6 is 0 Å². The zero-order valence-electron chi connectivity index (χ0n) is 11.0. The summed E-state index contributed by atoms with van der Waals surface area (Å²) in [7, 11) is 0. The normalized spacial score (nSPS) is 12.1. The molecule has 0 radical (unpaired) electrons. The summed E-state index contributed by atoms with van der Waals surface area (Å²) in [5.74, 6) is -0.273. The van der Waals surface area contributed by atoms with Crippen LogP contribution in [0.25, 0.3) is 0 Å². The third-order valence-corrected chi connectivity index (χ3v) is 2.83. The number of hydrogen-bond acceptors (Lipinski definition) is 4. The zero-order valence-corrected chi connectivity index (χ0v) is 11.0. The van der Waals surface area contributed by atoms with Gasteiger partial charge in [-0.3, -0.25) is 4.79 Å². The molecule has 0 fully saturated rings. The van der Waals surface area contributed by atoms with Gasteiger partial charge in [0.15, 0.2) is 5.69 Å². The van der Waals surface area contributed by atoms with Crippen molar-refractivity contribution in [2.45, 2.75) is 19.9 Å². The van der Waals surface area contributed by atoms with Crippen molar-refractivity contribution in [3.63, 3.8) is 0 Å². The molecule has 1 atom stereocenters. The minimum Gasteiger partial charge on any atom is -0.320 e. The van der Waals surface area contributed by atoms with E-state index in [9.17, 15) is 4.79 Å². The van der Waals surface area contributed by atoms with Crippen LogP contribution in [0.5, 0.6) is 0 Å². The second-order valence-corrected chi connectivity index (χ2v) is 4.18. The summed E-state index contributed by atoms with van der Waals surface area (Å²) >= 11 is 0. The molecule has 100 valence electrons. The van der Waals surface area contributed by atoms with Crippen LogP contribution in [0.15, 0.2) is 30.5 Å². The van der Waals surface area contributed by atoms with Crippen LogP contribution in [0.1, 0.15) is 35.9 Å². The van der Waals surface area contributed by atoms with Crippen LogP contribution in [0.4, 0.5) is 5.69 Å². The predicted octanol–water partition coefficient (Wildman–Crippen LogP) is 1.73. The van der Waals surface area contributed by atoms with Crippen molar-refractivity contribution in [1.29, 1.82) is 0 Å². The van der Waals surface area contributed by atoms with Crippen molar-refractivity contribution >= 4 is 11.6 Å². The lowest BCUT2D eigenvalue weighted by Crippen LogP contribution is -2.20. The van der Waals surface area contributed by atoms with E-state index in [1.807, 2.05) is 31.2 Å². The summed E-state index contributed by atoms with van der Waals surface area (Å²) < 4.78 is 0. The van der Waals surface area contributed by atoms with E-state index in [0.29, 0.717) is 0 Å². The first-order valence-electron chi connectivity index (χ1n) is 6.21. The molecule has 6 heteroatoms. The molecule has 2 rings (SSSR count). The molecular formula is C13H17N5O. The average molecular weight is 259 g/mol. The topological polar surface area (TPSA) is 82.7 Å². The fraction of sp³-hybridized carbons (Fsp3) is 0.308. The lowest BCUT2D eigenvalue weighted by atomic mass is 10.1. The van der Waals surface area contributed by atoms with Crippen LogP contribution in [-0.2, 0) is 0 Å². The van der Waals surface area contributed by atoms with Gasteiger partial charge in [0.05, 0.1) is 6.20 Å². The summed E-state index contributed by atoms with van der Waals surface area (Å²) in [5, 5.41) is 16.0. The number of amides is 1. The first-order chi connectivity index (χ1) is 9.22. The molecule has 2 aromatic rings. The van der Waals surface area contributed by atoms with Crippen LogP contribution in [0.3, 0.4) is 0 Å². The number of nitrogens with one attached hydrogen (secondary N) is 3.